The number of ether oxygens (including phenoxy) is 2. The zero-order chi connectivity index (χ0) is 21.3. The maximum atomic E-state index is 12.4. The van der Waals surface area contributed by atoms with Crippen molar-refractivity contribution in [3.63, 3.8) is 0 Å². The molecule has 0 aliphatic rings. The standard InChI is InChI=1S/C22H20N2O6/c1-28-16-10-8-15(9-11-16)13-23-20(25)14-30-22(27)17-5-2-3-6-18(17)24-21(26)19-7-4-12-29-19/h2-12H,13-14H2,1H3,(H,23,25)(H,24,26). The van der Waals surface area contributed by atoms with Gasteiger partial charge in [-0.3, -0.25) is 9.59 Å². The van der Waals surface area contributed by atoms with Gasteiger partial charge in [0.05, 0.1) is 24.6 Å². The van der Waals surface area contributed by atoms with Crippen molar-refractivity contribution in [3.05, 3.63) is 83.8 Å². The van der Waals surface area contributed by atoms with Crippen LogP contribution in [0.4, 0.5) is 5.69 Å². The smallest absolute Gasteiger partial charge is 0.340 e. The Bertz CT molecular complexity index is 1010. The van der Waals surface area contributed by atoms with Crippen molar-refractivity contribution in [2.75, 3.05) is 19.0 Å². The van der Waals surface area contributed by atoms with Gasteiger partial charge in [0, 0.05) is 6.54 Å². The second kappa shape index (κ2) is 9.92. The number of para-hydroxylation sites is 1. The van der Waals surface area contributed by atoms with Crippen molar-refractivity contribution in [2.24, 2.45) is 0 Å². The maximum Gasteiger partial charge on any atom is 0.340 e. The summed E-state index contributed by atoms with van der Waals surface area (Å²) in [6, 6.07) is 16.6. The van der Waals surface area contributed by atoms with Crippen LogP contribution in [0.2, 0.25) is 0 Å². The number of amides is 2. The van der Waals surface area contributed by atoms with E-state index in [2.05, 4.69) is 10.6 Å². The van der Waals surface area contributed by atoms with Crippen molar-refractivity contribution in [2.45, 2.75) is 6.54 Å². The van der Waals surface area contributed by atoms with Crippen LogP contribution < -0.4 is 15.4 Å². The molecule has 154 valence electrons. The zero-order valence-corrected chi connectivity index (χ0v) is 16.2. The largest absolute Gasteiger partial charge is 0.497 e. The van der Waals surface area contributed by atoms with Gasteiger partial charge >= 0.3 is 5.97 Å². The third-order valence-corrected chi connectivity index (χ3v) is 4.12. The lowest BCUT2D eigenvalue weighted by molar-refractivity contribution is -0.124. The molecular weight excluding hydrogens is 388 g/mol. The van der Waals surface area contributed by atoms with Crippen LogP contribution in [-0.2, 0) is 16.1 Å². The predicted octanol–water partition coefficient (Wildman–Crippen LogP) is 3.01. The van der Waals surface area contributed by atoms with Crippen molar-refractivity contribution in [1.29, 1.82) is 0 Å². The first kappa shape index (κ1) is 20.7. The number of hydrogen-bond acceptors (Lipinski definition) is 6. The SMILES string of the molecule is COc1ccc(CNC(=O)COC(=O)c2ccccc2NC(=O)c2ccco2)cc1. The highest BCUT2D eigenvalue weighted by atomic mass is 16.5. The molecule has 30 heavy (non-hydrogen) atoms. The van der Waals surface area contributed by atoms with E-state index < -0.39 is 24.4 Å². The summed E-state index contributed by atoms with van der Waals surface area (Å²) in [5, 5.41) is 5.26. The highest BCUT2D eigenvalue weighted by Crippen LogP contribution is 2.17. The molecule has 2 N–H and O–H groups in total. The summed E-state index contributed by atoms with van der Waals surface area (Å²) >= 11 is 0. The van der Waals surface area contributed by atoms with Crippen LogP contribution in [0, 0.1) is 0 Å². The second-order valence-corrected chi connectivity index (χ2v) is 6.18. The zero-order valence-electron chi connectivity index (χ0n) is 16.2. The fourth-order valence-electron chi connectivity index (χ4n) is 2.57. The van der Waals surface area contributed by atoms with Gasteiger partial charge in [-0.05, 0) is 42.0 Å². The maximum absolute atomic E-state index is 12.4. The number of hydrogen-bond donors (Lipinski definition) is 2. The lowest BCUT2D eigenvalue weighted by Gasteiger charge is -2.10. The molecule has 0 atom stereocenters. The summed E-state index contributed by atoms with van der Waals surface area (Å²) < 4.78 is 15.2. The van der Waals surface area contributed by atoms with Gasteiger partial charge in [0.1, 0.15) is 5.75 Å². The van der Waals surface area contributed by atoms with Crippen molar-refractivity contribution in [3.8, 4) is 5.75 Å². The number of furan rings is 1. The fourth-order valence-corrected chi connectivity index (χ4v) is 2.57. The van der Waals surface area contributed by atoms with Crippen LogP contribution in [0.5, 0.6) is 5.75 Å². The fraction of sp³-hybridized carbons (Fsp3) is 0.136. The molecular formula is C22H20N2O6. The number of anilines is 1. The molecule has 1 aromatic heterocycles. The van der Waals surface area contributed by atoms with E-state index in [4.69, 9.17) is 13.9 Å². The van der Waals surface area contributed by atoms with Crippen LogP contribution in [0.3, 0.4) is 0 Å². The van der Waals surface area contributed by atoms with Crippen LogP contribution in [0.25, 0.3) is 0 Å². The van der Waals surface area contributed by atoms with Gasteiger partial charge in [-0.25, -0.2) is 4.79 Å². The first-order chi connectivity index (χ1) is 14.6. The normalized spacial score (nSPS) is 10.2. The molecule has 2 amide bonds. The number of nitrogens with one attached hydrogen (secondary N) is 2. The van der Waals surface area contributed by atoms with E-state index in [1.807, 2.05) is 12.1 Å². The van der Waals surface area contributed by atoms with Gasteiger partial charge in [-0.15, -0.1) is 0 Å². The van der Waals surface area contributed by atoms with E-state index in [0.29, 0.717) is 0 Å². The van der Waals surface area contributed by atoms with Crippen molar-refractivity contribution in [1.82, 2.24) is 5.32 Å². The quantitative estimate of drug-likeness (QED) is 0.555. The first-order valence-electron chi connectivity index (χ1n) is 9.07. The molecule has 0 aliphatic heterocycles. The highest BCUT2D eigenvalue weighted by molar-refractivity contribution is 6.06. The van der Waals surface area contributed by atoms with Crippen LogP contribution in [0.1, 0.15) is 26.5 Å². The number of carbonyl (C=O) groups excluding carboxylic acids is 3. The van der Waals surface area contributed by atoms with Gasteiger partial charge in [0.2, 0.25) is 0 Å². The van der Waals surface area contributed by atoms with Crippen LogP contribution >= 0.6 is 0 Å². The molecule has 0 radical (unpaired) electrons. The van der Waals surface area contributed by atoms with Gasteiger partial charge in [-0.2, -0.15) is 0 Å². The van der Waals surface area contributed by atoms with E-state index in [9.17, 15) is 14.4 Å². The topological polar surface area (TPSA) is 107 Å². The Labute approximate surface area is 172 Å². The Kier molecular flexibility index (Phi) is 6.83. The summed E-state index contributed by atoms with van der Waals surface area (Å²) in [5.41, 5.74) is 1.25. The Balaban J connectivity index is 1.53. The molecule has 0 saturated carbocycles. The average Bonchev–Trinajstić information content (AvgIpc) is 3.32. The molecule has 0 unspecified atom stereocenters. The summed E-state index contributed by atoms with van der Waals surface area (Å²) in [7, 11) is 1.58. The third kappa shape index (κ3) is 5.48. The molecule has 8 nitrogen and oxygen atoms in total. The highest BCUT2D eigenvalue weighted by Gasteiger charge is 2.17. The summed E-state index contributed by atoms with van der Waals surface area (Å²) in [5.74, 6) is -0.855. The molecule has 0 spiro atoms. The molecule has 0 fully saturated rings. The Morgan fingerprint density at radius 1 is 0.967 bits per heavy atom. The minimum atomic E-state index is -0.732. The first-order valence-corrected chi connectivity index (χ1v) is 9.07. The lowest BCUT2D eigenvalue weighted by Crippen LogP contribution is -2.28. The van der Waals surface area contributed by atoms with Crippen molar-refractivity contribution >= 4 is 23.5 Å². The third-order valence-electron chi connectivity index (χ3n) is 4.12. The second-order valence-electron chi connectivity index (χ2n) is 6.18. The molecule has 0 bridgehead atoms. The number of rotatable bonds is 8. The Hall–Kier alpha value is -4.07. The lowest BCUT2D eigenvalue weighted by atomic mass is 10.1. The number of carbonyl (C=O) groups is 3. The van der Waals surface area contributed by atoms with Gasteiger partial charge in [0.25, 0.3) is 11.8 Å². The van der Waals surface area contributed by atoms with E-state index in [-0.39, 0.29) is 23.6 Å². The molecule has 0 saturated heterocycles. The van der Waals surface area contributed by atoms with Gasteiger partial charge < -0.3 is 24.5 Å². The van der Waals surface area contributed by atoms with E-state index in [0.717, 1.165) is 11.3 Å². The predicted molar refractivity (Wildman–Crippen MR) is 108 cm³/mol. The van der Waals surface area contributed by atoms with Crippen LogP contribution in [-0.4, -0.2) is 31.5 Å². The average molecular weight is 408 g/mol. The Morgan fingerprint density at radius 2 is 1.73 bits per heavy atom. The molecule has 2 aromatic carbocycles. The molecule has 1 heterocycles. The molecule has 3 aromatic rings. The van der Waals surface area contributed by atoms with Crippen LogP contribution in [0.15, 0.2) is 71.3 Å². The summed E-state index contributed by atoms with van der Waals surface area (Å²) in [6.07, 6.45) is 1.37. The molecule has 8 heteroatoms. The summed E-state index contributed by atoms with van der Waals surface area (Å²) in [6.45, 7) is -0.161. The van der Waals surface area contributed by atoms with E-state index in [1.165, 1.54) is 18.4 Å². The minimum absolute atomic E-state index is 0.107. The van der Waals surface area contributed by atoms with Gasteiger partial charge in [-0.1, -0.05) is 24.3 Å². The van der Waals surface area contributed by atoms with E-state index >= 15 is 0 Å². The van der Waals surface area contributed by atoms with E-state index in [1.54, 1.807) is 43.5 Å². The van der Waals surface area contributed by atoms with Gasteiger partial charge in [0.15, 0.2) is 12.4 Å². The minimum Gasteiger partial charge on any atom is -0.497 e. The molecule has 3 rings (SSSR count). The van der Waals surface area contributed by atoms with Crippen molar-refractivity contribution < 1.29 is 28.3 Å². The monoisotopic (exact) mass is 408 g/mol. The number of methoxy groups -OCH3 is 1. The molecule has 0 aliphatic carbocycles. The Morgan fingerprint density at radius 3 is 2.43 bits per heavy atom. The number of esters is 1. The summed E-state index contributed by atoms with van der Waals surface area (Å²) in [4.78, 5) is 36.5. The number of benzene rings is 2.